The zero-order valence-electron chi connectivity index (χ0n) is 18.6. The van der Waals surface area contributed by atoms with Crippen molar-refractivity contribution < 1.29 is 22.7 Å². The second kappa shape index (κ2) is 7.47. The Bertz CT molecular complexity index is 1150. The Hall–Kier alpha value is -3.15. The Morgan fingerprint density at radius 1 is 1.22 bits per heavy atom. The maximum absolute atomic E-state index is 12.3. The fourth-order valence-corrected chi connectivity index (χ4v) is 4.19. The summed E-state index contributed by atoms with van der Waals surface area (Å²) in [5, 5.41) is 0. The van der Waals surface area contributed by atoms with Crippen LogP contribution in [0.3, 0.4) is 0 Å². The lowest BCUT2D eigenvalue weighted by Gasteiger charge is -2.46. The molecular formula is C20H26N6O5S. The van der Waals surface area contributed by atoms with Crippen molar-refractivity contribution >= 4 is 50.8 Å². The summed E-state index contributed by atoms with van der Waals surface area (Å²) in [6.45, 7) is 6.57. The highest BCUT2D eigenvalue weighted by Crippen LogP contribution is 2.38. The first-order valence-corrected chi connectivity index (χ1v) is 12.0. The predicted octanol–water partition coefficient (Wildman–Crippen LogP) is 1.40. The number of rotatable bonds is 3. The molecule has 0 bridgehead atoms. The summed E-state index contributed by atoms with van der Waals surface area (Å²) in [6, 6.07) is 4.91. The summed E-state index contributed by atoms with van der Waals surface area (Å²) in [4.78, 5) is 38.5. The van der Waals surface area contributed by atoms with E-state index in [1.807, 2.05) is 25.7 Å². The number of likely N-dealkylation sites (tertiary alicyclic amines) is 1. The van der Waals surface area contributed by atoms with Crippen LogP contribution in [0.1, 0.15) is 20.8 Å². The highest BCUT2D eigenvalue weighted by Gasteiger charge is 2.42. The molecule has 0 unspecified atom stereocenters. The van der Waals surface area contributed by atoms with E-state index >= 15 is 0 Å². The van der Waals surface area contributed by atoms with Gasteiger partial charge in [-0.25, -0.2) is 18.2 Å². The maximum Gasteiger partial charge on any atom is 0.410 e. The predicted molar refractivity (Wildman–Crippen MR) is 121 cm³/mol. The number of nitrogens with one attached hydrogen (secondary N) is 1. The number of ether oxygens (including phenoxy) is 1. The van der Waals surface area contributed by atoms with Gasteiger partial charge in [-0.05, 0) is 39.0 Å². The summed E-state index contributed by atoms with van der Waals surface area (Å²) in [5.74, 6) is 0.684. The number of hydrogen-bond acceptors (Lipinski definition) is 8. The summed E-state index contributed by atoms with van der Waals surface area (Å²) >= 11 is 0. The van der Waals surface area contributed by atoms with Crippen molar-refractivity contribution in [3.05, 3.63) is 18.2 Å². The number of likely N-dealkylation sites (N-methyl/N-ethyl adjacent to an activating group) is 1. The molecule has 32 heavy (non-hydrogen) atoms. The van der Waals surface area contributed by atoms with Crippen LogP contribution in [0.2, 0.25) is 0 Å². The minimum absolute atomic E-state index is 0.0542. The van der Waals surface area contributed by atoms with E-state index in [1.165, 1.54) is 0 Å². The van der Waals surface area contributed by atoms with Gasteiger partial charge in [0.05, 0.1) is 29.4 Å². The van der Waals surface area contributed by atoms with Crippen LogP contribution < -0.4 is 9.62 Å². The minimum Gasteiger partial charge on any atom is -0.444 e. The van der Waals surface area contributed by atoms with Crippen molar-refractivity contribution in [2.45, 2.75) is 32.4 Å². The zero-order valence-corrected chi connectivity index (χ0v) is 19.4. The van der Waals surface area contributed by atoms with Gasteiger partial charge in [-0.3, -0.25) is 9.52 Å². The van der Waals surface area contributed by atoms with Crippen molar-refractivity contribution in [1.82, 2.24) is 9.80 Å². The lowest BCUT2D eigenvalue weighted by atomic mass is 10.1. The smallest absolute Gasteiger partial charge is 0.410 e. The summed E-state index contributed by atoms with van der Waals surface area (Å²) in [7, 11) is -1.74. The van der Waals surface area contributed by atoms with Crippen LogP contribution in [0.15, 0.2) is 28.2 Å². The van der Waals surface area contributed by atoms with Gasteiger partial charge in [0.15, 0.2) is 11.7 Å². The number of fused-ring (bicyclic) bond motifs is 3. The van der Waals surface area contributed by atoms with Gasteiger partial charge < -0.3 is 19.4 Å². The van der Waals surface area contributed by atoms with Gasteiger partial charge in [-0.2, -0.15) is 4.99 Å². The third-order valence-corrected chi connectivity index (χ3v) is 5.77. The van der Waals surface area contributed by atoms with E-state index in [-0.39, 0.29) is 24.6 Å². The molecule has 1 fully saturated rings. The average Bonchev–Trinajstić information content (AvgIpc) is 2.99. The second-order valence-electron chi connectivity index (χ2n) is 9.08. The molecule has 3 heterocycles. The topological polar surface area (TPSA) is 124 Å². The Kier molecular flexibility index (Phi) is 5.15. The molecule has 172 valence electrons. The number of anilines is 2. The van der Waals surface area contributed by atoms with Crippen molar-refractivity contribution in [2.24, 2.45) is 9.98 Å². The lowest BCUT2D eigenvalue weighted by molar-refractivity contribution is -0.115. The van der Waals surface area contributed by atoms with Gasteiger partial charge in [0.25, 0.3) is 5.91 Å². The number of benzene rings is 1. The molecule has 0 aliphatic carbocycles. The first-order valence-electron chi connectivity index (χ1n) is 10.1. The fourth-order valence-electron chi connectivity index (χ4n) is 3.64. The van der Waals surface area contributed by atoms with E-state index in [4.69, 9.17) is 4.74 Å². The van der Waals surface area contributed by atoms with Gasteiger partial charge in [-0.1, -0.05) is 0 Å². The highest BCUT2D eigenvalue weighted by atomic mass is 32.2. The number of sulfonamides is 1. The fraction of sp³-hybridized carbons (Fsp3) is 0.500. The van der Waals surface area contributed by atoms with E-state index < -0.39 is 15.6 Å². The Labute approximate surface area is 186 Å². The number of carbonyl (C=O) groups excluding carboxylic acids is 2. The van der Waals surface area contributed by atoms with Crippen molar-refractivity contribution in [3.8, 4) is 0 Å². The van der Waals surface area contributed by atoms with Crippen LogP contribution in [-0.4, -0.2) is 86.5 Å². The molecule has 1 N–H and O–H groups in total. The van der Waals surface area contributed by atoms with E-state index in [1.54, 1.807) is 35.0 Å². The molecular weight excluding hydrogens is 436 g/mol. The monoisotopic (exact) mass is 462 g/mol. The second-order valence-corrected chi connectivity index (χ2v) is 10.8. The van der Waals surface area contributed by atoms with Crippen molar-refractivity contribution in [1.29, 1.82) is 0 Å². The molecule has 0 atom stereocenters. The van der Waals surface area contributed by atoms with Gasteiger partial charge in [-0.15, -0.1) is 0 Å². The van der Waals surface area contributed by atoms with E-state index in [0.29, 0.717) is 41.8 Å². The van der Waals surface area contributed by atoms with Crippen molar-refractivity contribution in [3.63, 3.8) is 0 Å². The first kappa shape index (κ1) is 22.1. The maximum atomic E-state index is 12.3. The Morgan fingerprint density at radius 2 is 1.91 bits per heavy atom. The first-order chi connectivity index (χ1) is 14.8. The third kappa shape index (κ3) is 4.40. The summed E-state index contributed by atoms with van der Waals surface area (Å²) in [5.41, 5.74) is 1.02. The Morgan fingerprint density at radius 3 is 2.53 bits per heavy atom. The molecule has 1 aromatic carbocycles. The van der Waals surface area contributed by atoms with Crippen molar-refractivity contribution in [2.75, 3.05) is 42.6 Å². The van der Waals surface area contributed by atoms with E-state index in [0.717, 1.165) is 6.26 Å². The molecule has 3 aliphatic heterocycles. The number of aliphatic imine (C=N–C) groups is 2. The molecule has 2 amide bonds. The number of amidine groups is 2. The van der Waals surface area contributed by atoms with Crippen LogP contribution in [0.4, 0.5) is 21.9 Å². The minimum atomic E-state index is -3.44. The van der Waals surface area contributed by atoms with Crippen LogP contribution >= 0.6 is 0 Å². The molecule has 0 saturated carbocycles. The summed E-state index contributed by atoms with van der Waals surface area (Å²) < 4.78 is 31.0. The molecule has 4 rings (SSSR count). The van der Waals surface area contributed by atoms with Gasteiger partial charge >= 0.3 is 6.09 Å². The van der Waals surface area contributed by atoms with Crippen LogP contribution in [0, 0.1) is 0 Å². The quantitative estimate of drug-likeness (QED) is 0.720. The van der Waals surface area contributed by atoms with E-state index in [2.05, 4.69) is 14.7 Å². The Balaban J connectivity index is 1.55. The molecule has 0 radical (unpaired) electrons. The zero-order chi connectivity index (χ0) is 23.4. The van der Waals surface area contributed by atoms with Gasteiger partial charge in [0.2, 0.25) is 10.0 Å². The lowest BCUT2D eigenvalue weighted by Crippen LogP contribution is -2.64. The number of hydrogen-bond donors (Lipinski definition) is 1. The third-order valence-electron chi connectivity index (χ3n) is 5.17. The van der Waals surface area contributed by atoms with Gasteiger partial charge in [0, 0.05) is 20.1 Å². The SMILES string of the molecule is CN(C(=O)OC(C)(C)C)C1CN(C2=Nc3ccc(NS(C)(=O)=O)cc3N3CC(=O)N=C23)C1. The molecule has 0 spiro atoms. The number of carbonyl (C=O) groups is 2. The van der Waals surface area contributed by atoms with Crippen LogP contribution in [0.25, 0.3) is 0 Å². The molecule has 11 nitrogen and oxygen atoms in total. The molecule has 3 aliphatic rings. The van der Waals surface area contributed by atoms with Gasteiger partial charge in [0.1, 0.15) is 12.1 Å². The molecule has 1 saturated heterocycles. The van der Waals surface area contributed by atoms with Crippen LogP contribution in [0.5, 0.6) is 0 Å². The van der Waals surface area contributed by atoms with Crippen LogP contribution in [-0.2, 0) is 19.6 Å². The normalized spacial score (nSPS) is 18.3. The largest absolute Gasteiger partial charge is 0.444 e. The highest BCUT2D eigenvalue weighted by molar-refractivity contribution is 7.92. The van der Waals surface area contributed by atoms with E-state index in [9.17, 15) is 18.0 Å². The summed E-state index contributed by atoms with van der Waals surface area (Å²) in [6.07, 6.45) is 0.683. The molecule has 1 aromatic rings. The molecule has 12 heteroatoms. The number of amides is 2. The molecule has 0 aromatic heterocycles. The number of nitrogens with zero attached hydrogens (tertiary/aromatic N) is 5. The standard InChI is InChI=1S/C20H26N6O5S/c1-20(2,3)31-19(28)24(4)13-9-25(10-13)17-18-22-16(27)11-26(18)15-8-12(23-32(5,29)30)6-7-14(15)21-17/h6-8,13,23H,9-11H2,1-5H3. The average molecular weight is 463 g/mol.